The first-order valence-corrected chi connectivity index (χ1v) is 7.14. The summed E-state index contributed by atoms with van der Waals surface area (Å²) in [6.07, 6.45) is 0. The zero-order chi connectivity index (χ0) is 13.1. The number of rotatable bonds is 4. The van der Waals surface area contributed by atoms with Gasteiger partial charge in [-0.3, -0.25) is 4.79 Å². The maximum absolute atomic E-state index is 12.1. The molecular weight excluding hydrogens is 292 g/mol. The predicted octanol–water partition coefficient (Wildman–Crippen LogP) is 2.48. The van der Waals surface area contributed by atoms with E-state index in [0.717, 1.165) is 23.1 Å². The van der Waals surface area contributed by atoms with Gasteiger partial charge < -0.3 is 10.6 Å². The topological polar surface area (TPSA) is 41.1 Å². The second-order valence-corrected chi connectivity index (χ2v) is 5.90. The van der Waals surface area contributed by atoms with Crippen LogP contribution in [0.4, 0.5) is 0 Å². The Kier molecular flexibility index (Phi) is 4.40. The van der Waals surface area contributed by atoms with Crippen molar-refractivity contribution in [3.8, 4) is 0 Å². The van der Waals surface area contributed by atoms with Gasteiger partial charge in [0.1, 0.15) is 0 Å². The van der Waals surface area contributed by atoms with Crippen LogP contribution in [-0.2, 0) is 4.79 Å². The first-order valence-electron chi connectivity index (χ1n) is 6.34. The lowest BCUT2D eigenvalue weighted by Gasteiger charge is -2.32. The van der Waals surface area contributed by atoms with Crippen molar-refractivity contribution < 1.29 is 4.79 Å². The molecule has 1 saturated heterocycles. The van der Waals surface area contributed by atoms with Crippen LogP contribution >= 0.6 is 15.9 Å². The lowest BCUT2D eigenvalue weighted by molar-refractivity contribution is -0.127. The van der Waals surface area contributed by atoms with Crippen LogP contribution in [0, 0.1) is 11.8 Å². The van der Waals surface area contributed by atoms with Gasteiger partial charge in [-0.15, -0.1) is 0 Å². The number of halogens is 1. The molecule has 0 aromatic heterocycles. The van der Waals surface area contributed by atoms with Crippen molar-refractivity contribution >= 4 is 21.8 Å². The minimum atomic E-state index is 0.0566. The zero-order valence-electron chi connectivity index (χ0n) is 10.7. The molecule has 18 heavy (non-hydrogen) atoms. The van der Waals surface area contributed by atoms with Gasteiger partial charge in [-0.2, -0.15) is 0 Å². The normalized spacial score (nSPS) is 18.8. The molecular formula is C14H19BrN2O. The van der Waals surface area contributed by atoms with Gasteiger partial charge >= 0.3 is 0 Å². The summed E-state index contributed by atoms with van der Waals surface area (Å²) in [7, 11) is 0. The summed E-state index contributed by atoms with van der Waals surface area (Å²) in [5.74, 6) is 0.725. The highest BCUT2D eigenvalue weighted by molar-refractivity contribution is 9.10. The van der Waals surface area contributed by atoms with Gasteiger partial charge in [-0.25, -0.2) is 0 Å². The van der Waals surface area contributed by atoms with Crippen LogP contribution in [-0.4, -0.2) is 19.0 Å². The van der Waals surface area contributed by atoms with Gasteiger partial charge in [0.15, 0.2) is 0 Å². The third-order valence-electron chi connectivity index (χ3n) is 3.66. The number of hydrogen-bond donors (Lipinski definition) is 2. The van der Waals surface area contributed by atoms with Crippen molar-refractivity contribution in [1.29, 1.82) is 0 Å². The summed E-state index contributed by atoms with van der Waals surface area (Å²) >= 11 is 3.41. The van der Waals surface area contributed by atoms with Crippen molar-refractivity contribution in [2.45, 2.75) is 19.9 Å². The van der Waals surface area contributed by atoms with E-state index in [0.29, 0.717) is 5.92 Å². The Balaban J connectivity index is 1.91. The fourth-order valence-corrected chi connectivity index (χ4v) is 2.32. The molecule has 3 nitrogen and oxygen atoms in total. The summed E-state index contributed by atoms with van der Waals surface area (Å²) in [5.41, 5.74) is 1.13. The van der Waals surface area contributed by atoms with Crippen LogP contribution in [0.5, 0.6) is 0 Å². The second-order valence-electron chi connectivity index (χ2n) is 4.99. The van der Waals surface area contributed by atoms with Crippen molar-refractivity contribution in [3.05, 3.63) is 34.3 Å². The standard InChI is InChI=1S/C14H19BrN2O/c1-9(12-7-16-8-12)14(18)17-10(2)11-3-5-13(15)6-4-11/h3-6,9-10,12,16H,7-8H2,1-2H3,(H,17,18). The van der Waals surface area contributed by atoms with Crippen LogP contribution in [0.3, 0.4) is 0 Å². The lowest BCUT2D eigenvalue weighted by Crippen LogP contribution is -2.49. The van der Waals surface area contributed by atoms with E-state index in [4.69, 9.17) is 0 Å². The number of nitrogens with one attached hydrogen (secondary N) is 2. The Morgan fingerprint density at radius 1 is 1.33 bits per heavy atom. The molecule has 2 atom stereocenters. The number of carbonyl (C=O) groups is 1. The minimum absolute atomic E-state index is 0.0566. The Morgan fingerprint density at radius 3 is 2.44 bits per heavy atom. The van der Waals surface area contributed by atoms with E-state index in [1.807, 2.05) is 38.1 Å². The largest absolute Gasteiger partial charge is 0.349 e. The zero-order valence-corrected chi connectivity index (χ0v) is 12.3. The Bertz CT molecular complexity index is 414. The Morgan fingerprint density at radius 2 is 1.94 bits per heavy atom. The van der Waals surface area contributed by atoms with Crippen LogP contribution in [0.1, 0.15) is 25.5 Å². The summed E-state index contributed by atoms with van der Waals surface area (Å²) in [6.45, 7) is 5.95. The van der Waals surface area contributed by atoms with E-state index in [9.17, 15) is 4.79 Å². The Labute approximate surface area is 116 Å². The number of hydrogen-bond acceptors (Lipinski definition) is 2. The predicted molar refractivity (Wildman–Crippen MR) is 76.2 cm³/mol. The summed E-state index contributed by atoms with van der Waals surface area (Å²) in [6, 6.07) is 8.12. The minimum Gasteiger partial charge on any atom is -0.349 e. The molecule has 1 heterocycles. The van der Waals surface area contributed by atoms with Gasteiger partial charge in [0.05, 0.1) is 6.04 Å². The molecule has 1 aromatic carbocycles. The number of carbonyl (C=O) groups excluding carboxylic acids is 1. The average molecular weight is 311 g/mol. The van der Waals surface area contributed by atoms with Crippen LogP contribution in [0.15, 0.2) is 28.7 Å². The second kappa shape index (κ2) is 5.85. The highest BCUT2D eigenvalue weighted by Crippen LogP contribution is 2.20. The van der Waals surface area contributed by atoms with Crippen LogP contribution < -0.4 is 10.6 Å². The van der Waals surface area contributed by atoms with Crippen molar-refractivity contribution in [2.24, 2.45) is 11.8 Å². The average Bonchev–Trinajstić information content (AvgIpc) is 2.27. The molecule has 0 aliphatic carbocycles. The maximum Gasteiger partial charge on any atom is 0.223 e. The first kappa shape index (κ1) is 13.6. The quantitative estimate of drug-likeness (QED) is 0.897. The SMILES string of the molecule is CC(NC(=O)C(C)C1CNC1)c1ccc(Br)cc1. The molecule has 2 unspecified atom stereocenters. The molecule has 0 bridgehead atoms. The molecule has 2 rings (SSSR count). The van der Waals surface area contributed by atoms with E-state index in [-0.39, 0.29) is 17.9 Å². The van der Waals surface area contributed by atoms with E-state index in [1.165, 1.54) is 0 Å². The summed E-state index contributed by atoms with van der Waals surface area (Å²) in [4.78, 5) is 12.1. The van der Waals surface area contributed by atoms with E-state index in [2.05, 4.69) is 26.6 Å². The maximum atomic E-state index is 12.1. The molecule has 1 aromatic rings. The molecule has 1 amide bonds. The van der Waals surface area contributed by atoms with Gasteiger partial charge in [-0.1, -0.05) is 35.0 Å². The van der Waals surface area contributed by atoms with Gasteiger partial charge in [-0.05, 0) is 43.6 Å². The van der Waals surface area contributed by atoms with Gasteiger partial charge in [0, 0.05) is 10.4 Å². The molecule has 0 radical (unpaired) electrons. The fourth-order valence-electron chi connectivity index (χ4n) is 2.06. The van der Waals surface area contributed by atoms with Crippen molar-refractivity contribution in [3.63, 3.8) is 0 Å². The molecule has 4 heteroatoms. The molecule has 2 N–H and O–H groups in total. The lowest BCUT2D eigenvalue weighted by atomic mass is 9.88. The van der Waals surface area contributed by atoms with E-state index in [1.54, 1.807) is 0 Å². The third kappa shape index (κ3) is 3.12. The molecule has 0 saturated carbocycles. The molecule has 1 aliphatic heterocycles. The fraction of sp³-hybridized carbons (Fsp3) is 0.500. The monoisotopic (exact) mass is 310 g/mol. The van der Waals surface area contributed by atoms with E-state index < -0.39 is 0 Å². The number of amides is 1. The van der Waals surface area contributed by atoms with Crippen LogP contribution in [0.25, 0.3) is 0 Å². The molecule has 1 fully saturated rings. The van der Waals surface area contributed by atoms with Crippen LogP contribution in [0.2, 0.25) is 0 Å². The third-order valence-corrected chi connectivity index (χ3v) is 4.19. The smallest absolute Gasteiger partial charge is 0.223 e. The molecule has 0 spiro atoms. The molecule has 1 aliphatic rings. The molecule has 98 valence electrons. The summed E-state index contributed by atoms with van der Waals surface area (Å²) in [5, 5.41) is 6.29. The van der Waals surface area contributed by atoms with Gasteiger partial charge in [0.2, 0.25) is 5.91 Å². The Hall–Kier alpha value is -0.870. The van der Waals surface area contributed by atoms with Crippen molar-refractivity contribution in [2.75, 3.05) is 13.1 Å². The highest BCUT2D eigenvalue weighted by atomic mass is 79.9. The highest BCUT2D eigenvalue weighted by Gasteiger charge is 2.29. The number of benzene rings is 1. The van der Waals surface area contributed by atoms with Crippen molar-refractivity contribution in [1.82, 2.24) is 10.6 Å². The van der Waals surface area contributed by atoms with E-state index >= 15 is 0 Å². The first-order chi connectivity index (χ1) is 8.58. The summed E-state index contributed by atoms with van der Waals surface area (Å²) < 4.78 is 1.05. The van der Waals surface area contributed by atoms with Gasteiger partial charge in [0.25, 0.3) is 0 Å².